The Balaban J connectivity index is 1.48. The molecule has 0 spiro atoms. The molecule has 9 nitrogen and oxygen atoms in total. The van der Waals surface area contributed by atoms with E-state index in [-0.39, 0.29) is 42.3 Å². The third kappa shape index (κ3) is 5.33. The highest BCUT2D eigenvalue weighted by atomic mass is 32.2. The van der Waals surface area contributed by atoms with E-state index in [0.29, 0.717) is 24.4 Å². The predicted octanol–water partition coefficient (Wildman–Crippen LogP) is 1.25. The van der Waals surface area contributed by atoms with E-state index in [4.69, 9.17) is 4.74 Å². The fraction of sp³-hybridized carbons (Fsp3) is 0.350. The van der Waals surface area contributed by atoms with Crippen LogP contribution in [0.25, 0.3) is 0 Å². The fourth-order valence-electron chi connectivity index (χ4n) is 3.19. The molecule has 2 N–H and O–H groups in total. The van der Waals surface area contributed by atoms with Crippen molar-refractivity contribution in [3.63, 3.8) is 0 Å². The molecule has 2 heterocycles. The van der Waals surface area contributed by atoms with Crippen LogP contribution in [0.15, 0.2) is 53.6 Å². The second-order valence-electron chi connectivity index (χ2n) is 6.83. The Labute approximate surface area is 175 Å². The first-order chi connectivity index (χ1) is 14.4. The minimum Gasteiger partial charge on any atom is -0.497 e. The number of piperidine rings is 1. The molecule has 0 saturated carbocycles. The van der Waals surface area contributed by atoms with Gasteiger partial charge >= 0.3 is 0 Å². The summed E-state index contributed by atoms with van der Waals surface area (Å²) in [7, 11) is -2.11. The summed E-state index contributed by atoms with van der Waals surface area (Å²) in [5.41, 5.74) is 0. The first-order valence-corrected chi connectivity index (χ1v) is 11.0. The highest BCUT2D eigenvalue weighted by Gasteiger charge is 2.32. The number of ether oxygens (including phenoxy) is 1. The van der Waals surface area contributed by atoms with Gasteiger partial charge in [-0.3, -0.25) is 9.59 Å². The number of hydrogen-bond acceptors (Lipinski definition) is 6. The summed E-state index contributed by atoms with van der Waals surface area (Å²) in [4.78, 5) is 28.5. The number of nitrogens with one attached hydrogen (secondary N) is 2. The molecule has 2 aromatic rings. The lowest BCUT2D eigenvalue weighted by molar-refractivity contribution is -0.128. The number of sulfonamides is 1. The number of amides is 2. The van der Waals surface area contributed by atoms with Gasteiger partial charge in [0.25, 0.3) is 0 Å². The SMILES string of the molecule is COc1ccc(S(=O)(=O)N2CCC(C(=O)NCC(=O)Nc3ccccn3)CC2)cc1. The molecule has 0 unspecified atom stereocenters. The Morgan fingerprint density at radius 1 is 1.13 bits per heavy atom. The Hall–Kier alpha value is -2.98. The van der Waals surface area contributed by atoms with Gasteiger partial charge in [-0.1, -0.05) is 6.07 Å². The standard InChI is InChI=1S/C20H24N4O5S/c1-29-16-5-7-17(8-6-16)30(27,28)24-12-9-15(10-13-24)20(26)22-14-19(25)23-18-4-2-3-11-21-18/h2-8,11,15H,9-10,12-14H2,1H3,(H,22,26)(H,21,23,25). The van der Waals surface area contributed by atoms with Crippen molar-refractivity contribution in [3.8, 4) is 5.75 Å². The van der Waals surface area contributed by atoms with Crippen LogP contribution >= 0.6 is 0 Å². The summed E-state index contributed by atoms with van der Waals surface area (Å²) in [6, 6.07) is 11.3. The smallest absolute Gasteiger partial charge is 0.244 e. The highest BCUT2D eigenvalue weighted by molar-refractivity contribution is 7.89. The third-order valence-corrected chi connectivity index (χ3v) is 6.79. The van der Waals surface area contributed by atoms with Gasteiger partial charge in [-0.05, 0) is 49.2 Å². The molecular weight excluding hydrogens is 408 g/mol. The van der Waals surface area contributed by atoms with E-state index in [1.807, 2.05) is 0 Å². The van der Waals surface area contributed by atoms with E-state index < -0.39 is 10.0 Å². The molecular formula is C20H24N4O5S. The van der Waals surface area contributed by atoms with Crippen molar-refractivity contribution in [1.82, 2.24) is 14.6 Å². The number of anilines is 1. The van der Waals surface area contributed by atoms with Crippen molar-refractivity contribution in [1.29, 1.82) is 0 Å². The second-order valence-corrected chi connectivity index (χ2v) is 8.77. The number of benzene rings is 1. The zero-order valence-electron chi connectivity index (χ0n) is 16.6. The molecule has 2 amide bonds. The quantitative estimate of drug-likeness (QED) is 0.680. The zero-order chi connectivity index (χ0) is 21.6. The lowest BCUT2D eigenvalue weighted by Gasteiger charge is -2.30. The predicted molar refractivity (Wildman–Crippen MR) is 110 cm³/mol. The monoisotopic (exact) mass is 432 g/mol. The van der Waals surface area contributed by atoms with Crippen LogP contribution in [0.3, 0.4) is 0 Å². The Morgan fingerprint density at radius 3 is 2.43 bits per heavy atom. The molecule has 1 aliphatic rings. The van der Waals surface area contributed by atoms with Crippen LogP contribution in [0, 0.1) is 5.92 Å². The topological polar surface area (TPSA) is 118 Å². The third-order valence-electron chi connectivity index (χ3n) is 4.88. The summed E-state index contributed by atoms with van der Waals surface area (Å²) >= 11 is 0. The van der Waals surface area contributed by atoms with E-state index in [2.05, 4.69) is 15.6 Å². The van der Waals surface area contributed by atoms with Crippen LogP contribution < -0.4 is 15.4 Å². The molecule has 1 aromatic heterocycles. The summed E-state index contributed by atoms with van der Waals surface area (Å²) in [6.07, 6.45) is 2.34. The molecule has 160 valence electrons. The largest absolute Gasteiger partial charge is 0.497 e. The average molecular weight is 433 g/mol. The van der Waals surface area contributed by atoms with E-state index >= 15 is 0 Å². The normalized spacial score (nSPS) is 15.4. The minimum absolute atomic E-state index is 0.167. The van der Waals surface area contributed by atoms with Crippen LogP contribution in [0.4, 0.5) is 5.82 Å². The lowest BCUT2D eigenvalue weighted by atomic mass is 9.97. The lowest BCUT2D eigenvalue weighted by Crippen LogP contribution is -2.44. The van der Waals surface area contributed by atoms with Crippen LogP contribution in [0.1, 0.15) is 12.8 Å². The van der Waals surface area contributed by atoms with Gasteiger partial charge in [-0.15, -0.1) is 0 Å². The molecule has 30 heavy (non-hydrogen) atoms. The van der Waals surface area contributed by atoms with Crippen molar-refractivity contribution < 1.29 is 22.7 Å². The van der Waals surface area contributed by atoms with E-state index in [0.717, 1.165) is 0 Å². The fourth-order valence-corrected chi connectivity index (χ4v) is 4.66. The Kier molecular flexibility index (Phi) is 7.01. The number of hydrogen-bond donors (Lipinski definition) is 2. The van der Waals surface area contributed by atoms with Gasteiger partial charge in [0.15, 0.2) is 0 Å². The molecule has 0 bridgehead atoms. The minimum atomic E-state index is -3.62. The zero-order valence-corrected chi connectivity index (χ0v) is 17.4. The van der Waals surface area contributed by atoms with Gasteiger partial charge in [0, 0.05) is 25.2 Å². The summed E-state index contributed by atoms with van der Waals surface area (Å²) in [5, 5.41) is 5.20. The van der Waals surface area contributed by atoms with Crippen LogP contribution in [-0.4, -0.2) is 56.3 Å². The molecule has 0 atom stereocenters. The average Bonchev–Trinajstić information content (AvgIpc) is 2.78. The molecule has 1 fully saturated rings. The second kappa shape index (κ2) is 9.68. The molecule has 1 saturated heterocycles. The maximum atomic E-state index is 12.8. The Morgan fingerprint density at radius 2 is 1.83 bits per heavy atom. The van der Waals surface area contributed by atoms with Gasteiger partial charge in [-0.25, -0.2) is 13.4 Å². The summed E-state index contributed by atoms with van der Waals surface area (Å²) in [5.74, 6) is 0.0226. The van der Waals surface area contributed by atoms with Crippen molar-refractivity contribution in [3.05, 3.63) is 48.7 Å². The molecule has 0 aliphatic carbocycles. The van der Waals surface area contributed by atoms with Crippen LogP contribution in [-0.2, 0) is 19.6 Å². The molecule has 0 radical (unpaired) electrons. The maximum Gasteiger partial charge on any atom is 0.244 e. The summed E-state index contributed by atoms with van der Waals surface area (Å²) in [6.45, 7) is 0.318. The maximum absolute atomic E-state index is 12.8. The van der Waals surface area contributed by atoms with Crippen LogP contribution in [0.5, 0.6) is 5.75 Å². The van der Waals surface area contributed by atoms with E-state index in [1.54, 1.807) is 36.5 Å². The van der Waals surface area contributed by atoms with Gasteiger partial charge in [-0.2, -0.15) is 4.31 Å². The molecule has 1 aliphatic heterocycles. The number of aromatic nitrogens is 1. The highest BCUT2D eigenvalue weighted by Crippen LogP contribution is 2.25. The Bertz CT molecular complexity index is 972. The number of pyridine rings is 1. The molecule has 3 rings (SSSR count). The number of rotatable bonds is 7. The molecule has 10 heteroatoms. The number of carbonyl (C=O) groups is 2. The number of methoxy groups -OCH3 is 1. The summed E-state index contributed by atoms with van der Waals surface area (Å²) < 4.78 is 32.0. The molecule has 1 aromatic carbocycles. The van der Waals surface area contributed by atoms with Crippen molar-refractivity contribution in [2.45, 2.75) is 17.7 Å². The van der Waals surface area contributed by atoms with Crippen molar-refractivity contribution in [2.24, 2.45) is 5.92 Å². The first-order valence-electron chi connectivity index (χ1n) is 9.53. The van der Waals surface area contributed by atoms with E-state index in [1.165, 1.54) is 23.5 Å². The van der Waals surface area contributed by atoms with Gasteiger partial charge in [0.2, 0.25) is 21.8 Å². The number of nitrogens with zero attached hydrogens (tertiary/aromatic N) is 2. The van der Waals surface area contributed by atoms with Gasteiger partial charge in [0.1, 0.15) is 11.6 Å². The van der Waals surface area contributed by atoms with Crippen molar-refractivity contribution >= 4 is 27.7 Å². The number of carbonyl (C=O) groups excluding carboxylic acids is 2. The van der Waals surface area contributed by atoms with E-state index in [9.17, 15) is 18.0 Å². The van der Waals surface area contributed by atoms with Crippen LogP contribution in [0.2, 0.25) is 0 Å². The van der Waals surface area contributed by atoms with Gasteiger partial charge in [0.05, 0.1) is 18.6 Å². The van der Waals surface area contributed by atoms with Gasteiger partial charge < -0.3 is 15.4 Å². The first kappa shape index (κ1) is 21.7. The van der Waals surface area contributed by atoms with Crippen molar-refractivity contribution in [2.75, 3.05) is 32.1 Å².